The van der Waals surface area contributed by atoms with Crippen LogP contribution in [-0.4, -0.2) is 22.0 Å². The molecular formula is C20H12Cl2N2O3S2. The highest BCUT2D eigenvalue weighted by Gasteiger charge is 2.56. The van der Waals surface area contributed by atoms with Crippen LogP contribution in [-0.2, 0) is 9.59 Å². The third-order valence-corrected chi connectivity index (χ3v) is 8.04. The molecule has 5 rings (SSSR count). The van der Waals surface area contributed by atoms with Crippen LogP contribution in [0, 0.1) is 5.92 Å². The number of H-pyrrole nitrogens is 1. The second-order valence-corrected chi connectivity index (χ2v) is 9.83. The maximum absolute atomic E-state index is 13.5. The van der Waals surface area contributed by atoms with E-state index in [1.54, 1.807) is 36.4 Å². The molecule has 1 aromatic heterocycles. The molecule has 0 aliphatic carbocycles. The summed E-state index contributed by atoms with van der Waals surface area (Å²) in [6.07, 6.45) is 0. The summed E-state index contributed by atoms with van der Waals surface area (Å²) in [5, 5.41) is 1.14. The van der Waals surface area contributed by atoms with Crippen LogP contribution in [0.2, 0.25) is 10.0 Å². The molecule has 9 heteroatoms. The smallest absolute Gasteiger partial charge is 0.305 e. The van der Waals surface area contributed by atoms with Gasteiger partial charge in [0.05, 0.1) is 16.6 Å². The molecule has 1 N–H and O–H groups in total. The zero-order chi connectivity index (χ0) is 20.3. The number of thiazole rings is 1. The monoisotopic (exact) mass is 462 g/mol. The highest BCUT2D eigenvalue weighted by atomic mass is 35.5. The number of hydrogen-bond donors (Lipinski definition) is 1. The Morgan fingerprint density at radius 2 is 1.48 bits per heavy atom. The summed E-state index contributed by atoms with van der Waals surface area (Å²) in [5.41, 5.74) is 1.34. The van der Waals surface area contributed by atoms with Crippen LogP contribution >= 0.6 is 46.3 Å². The molecule has 0 bridgehead atoms. The minimum Gasteiger partial charge on any atom is -0.307 e. The molecule has 2 amide bonds. The highest BCUT2D eigenvalue weighted by molar-refractivity contribution is 8.00. The molecule has 3 aromatic rings. The molecule has 146 valence electrons. The van der Waals surface area contributed by atoms with Crippen LogP contribution in [0.25, 0.3) is 0 Å². The van der Waals surface area contributed by atoms with Gasteiger partial charge in [-0.05, 0) is 42.0 Å². The van der Waals surface area contributed by atoms with Crippen molar-refractivity contribution < 1.29 is 9.59 Å². The molecule has 0 radical (unpaired) electrons. The minimum absolute atomic E-state index is 0.198. The number of fused-ring (bicyclic) bond motifs is 2. The fourth-order valence-corrected chi connectivity index (χ4v) is 6.66. The number of anilines is 1. The summed E-state index contributed by atoms with van der Waals surface area (Å²) in [5.74, 6) is -1.57. The Balaban J connectivity index is 1.64. The van der Waals surface area contributed by atoms with Crippen LogP contribution in [0.4, 0.5) is 5.69 Å². The van der Waals surface area contributed by atoms with Crippen molar-refractivity contribution in [3.8, 4) is 0 Å². The third-order valence-electron chi connectivity index (χ3n) is 5.14. The molecule has 2 aliphatic heterocycles. The van der Waals surface area contributed by atoms with E-state index in [1.807, 2.05) is 12.1 Å². The molecule has 3 atom stereocenters. The molecule has 1 fully saturated rings. The zero-order valence-electron chi connectivity index (χ0n) is 14.6. The standard InChI is InChI=1S/C20H12Cl2N2O3S2/c21-10-3-1-9(2-4-10)13-14-16(28-17-15(13)29-20(27)23-17)19(26)24(18(14)25)12-7-5-11(22)6-8-12/h1-8,13-14,16H,(H,23,27)/t13-,14-,16+/m0/s1. The van der Waals surface area contributed by atoms with E-state index in [4.69, 9.17) is 23.2 Å². The number of halogens is 2. The Labute approximate surface area is 183 Å². The lowest BCUT2D eigenvalue weighted by molar-refractivity contribution is -0.122. The highest BCUT2D eigenvalue weighted by Crippen LogP contribution is 2.53. The second-order valence-electron chi connectivity index (χ2n) is 6.79. The number of carbonyl (C=O) groups is 2. The molecular weight excluding hydrogens is 451 g/mol. The number of hydrogen-bond acceptors (Lipinski definition) is 5. The quantitative estimate of drug-likeness (QED) is 0.567. The normalized spacial score (nSPS) is 23.2. The van der Waals surface area contributed by atoms with E-state index in [-0.39, 0.29) is 16.7 Å². The van der Waals surface area contributed by atoms with Crippen LogP contribution in [0.5, 0.6) is 0 Å². The van der Waals surface area contributed by atoms with Crippen molar-refractivity contribution >= 4 is 63.8 Å². The Morgan fingerprint density at radius 1 is 0.862 bits per heavy atom. The summed E-state index contributed by atoms with van der Waals surface area (Å²) in [4.78, 5) is 43.3. The molecule has 2 aromatic carbocycles. The van der Waals surface area contributed by atoms with Crippen LogP contribution < -0.4 is 9.77 Å². The predicted molar refractivity (Wildman–Crippen MR) is 115 cm³/mol. The van der Waals surface area contributed by atoms with E-state index in [9.17, 15) is 14.4 Å². The Bertz CT molecular complexity index is 1190. The van der Waals surface area contributed by atoms with Crippen molar-refractivity contribution in [1.29, 1.82) is 0 Å². The van der Waals surface area contributed by atoms with Crippen molar-refractivity contribution in [3.05, 3.63) is 78.7 Å². The maximum atomic E-state index is 13.5. The number of nitrogens with zero attached hydrogens (tertiary/aromatic N) is 1. The number of amides is 2. The molecule has 0 unspecified atom stereocenters. The van der Waals surface area contributed by atoms with Gasteiger partial charge in [0.25, 0.3) is 0 Å². The maximum Gasteiger partial charge on any atom is 0.305 e. The Hall–Kier alpha value is -2.06. The summed E-state index contributed by atoms with van der Waals surface area (Å²) in [6.45, 7) is 0. The van der Waals surface area contributed by atoms with Gasteiger partial charge in [-0.15, -0.1) is 0 Å². The van der Waals surface area contributed by atoms with Crippen LogP contribution in [0.3, 0.4) is 0 Å². The van der Waals surface area contributed by atoms with Crippen molar-refractivity contribution in [2.75, 3.05) is 4.90 Å². The van der Waals surface area contributed by atoms with E-state index < -0.39 is 17.1 Å². The number of thioether (sulfide) groups is 1. The number of nitrogens with one attached hydrogen (secondary N) is 1. The predicted octanol–water partition coefficient (Wildman–Crippen LogP) is 4.54. The van der Waals surface area contributed by atoms with Crippen molar-refractivity contribution in [1.82, 2.24) is 4.98 Å². The second kappa shape index (κ2) is 7.02. The first-order valence-corrected chi connectivity index (χ1v) is 11.2. The molecule has 3 heterocycles. The lowest BCUT2D eigenvalue weighted by Crippen LogP contribution is -2.32. The SMILES string of the molecule is O=C1[C@H]2[C@H](c3ccc(Cl)cc3)c3sc(=O)[nH]c3S[C@H]2C(=O)N1c1ccc(Cl)cc1. The lowest BCUT2D eigenvalue weighted by Gasteiger charge is -2.29. The number of imide groups is 1. The first-order valence-electron chi connectivity index (χ1n) is 8.72. The zero-order valence-corrected chi connectivity index (χ0v) is 17.7. The molecule has 0 saturated carbocycles. The minimum atomic E-state index is -0.614. The van der Waals surface area contributed by atoms with Gasteiger partial charge >= 0.3 is 4.87 Å². The van der Waals surface area contributed by atoms with Gasteiger partial charge in [0.1, 0.15) is 5.25 Å². The summed E-state index contributed by atoms with van der Waals surface area (Å²) in [7, 11) is 0. The van der Waals surface area contributed by atoms with Gasteiger partial charge in [0.15, 0.2) is 0 Å². The Morgan fingerprint density at radius 3 is 2.14 bits per heavy atom. The van der Waals surface area contributed by atoms with Gasteiger partial charge in [-0.2, -0.15) is 0 Å². The van der Waals surface area contributed by atoms with Gasteiger partial charge in [0.2, 0.25) is 11.8 Å². The number of rotatable bonds is 2. The Kier molecular flexibility index (Phi) is 4.58. The molecule has 29 heavy (non-hydrogen) atoms. The van der Waals surface area contributed by atoms with Gasteiger partial charge in [-0.25, -0.2) is 4.90 Å². The lowest BCUT2D eigenvalue weighted by atomic mass is 9.83. The van der Waals surface area contributed by atoms with Gasteiger partial charge in [-0.3, -0.25) is 14.4 Å². The van der Waals surface area contributed by atoms with Gasteiger partial charge in [0, 0.05) is 20.8 Å². The number of carbonyl (C=O) groups excluding carboxylic acids is 2. The largest absolute Gasteiger partial charge is 0.307 e. The van der Waals surface area contributed by atoms with E-state index in [2.05, 4.69) is 4.98 Å². The van der Waals surface area contributed by atoms with E-state index in [0.29, 0.717) is 20.8 Å². The summed E-state index contributed by atoms with van der Waals surface area (Å²) in [6, 6.07) is 13.8. The van der Waals surface area contributed by atoms with Crippen LogP contribution in [0.1, 0.15) is 16.4 Å². The number of aromatic nitrogens is 1. The van der Waals surface area contributed by atoms with Crippen molar-refractivity contribution in [2.24, 2.45) is 5.92 Å². The summed E-state index contributed by atoms with van der Waals surface area (Å²) < 4.78 is 0. The fourth-order valence-electron chi connectivity index (χ4n) is 3.89. The fraction of sp³-hybridized carbons (Fsp3) is 0.150. The molecule has 2 aliphatic rings. The van der Waals surface area contributed by atoms with E-state index in [1.165, 1.54) is 16.7 Å². The third kappa shape index (κ3) is 3.04. The molecule has 0 spiro atoms. The van der Waals surface area contributed by atoms with Crippen molar-refractivity contribution in [2.45, 2.75) is 16.2 Å². The van der Waals surface area contributed by atoms with Gasteiger partial charge in [-0.1, -0.05) is 58.4 Å². The van der Waals surface area contributed by atoms with Crippen LogP contribution in [0.15, 0.2) is 58.4 Å². The van der Waals surface area contributed by atoms with Crippen molar-refractivity contribution in [3.63, 3.8) is 0 Å². The average molecular weight is 463 g/mol. The molecule has 5 nitrogen and oxygen atoms in total. The average Bonchev–Trinajstić information content (AvgIpc) is 3.19. The van der Waals surface area contributed by atoms with E-state index >= 15 is 0 Å². The van der Waals surface area contributed by atoms with E-state index in [0.717, 1.165) is 21.8 Å². The topological polar surface area (TPSA) is 70.2 Å². The first-order chi connectivity index (χ1) is 13.9. The number of aromatic amines is 1. The first kappa shape index (κ1) is 18.9. The molecule has 1 saturated heterocycles. The number of benzene rings is 2. The summed E-state index contributed by atoms with van der Waals surface area (Å²) >= 11 is 14.3. The van der Waals surface area contributed by atoms with Gasteiger partial charge < -0.3 is 4.98 Å².